The van der Waals surface area contributed by atoms with Gasteiger partial charge < -0.3 is 15.8 Å². The van der Waals surface area contributed by atoms with Crippen molar-refractivity contribution in [3.8, 4) is 0 Å². The van der Waals surface area contributed by atoms with Crippen LogP contribution >= 0.6 is 0 Å². The van der Waals surface area contributed by atoms with Gasteiger partial charge >= 0.3 is 0 Å². The average molecular weight is 245 g/mol. The molecule has 0 radical (unpaired) electrons. The topological polar surface area (TPSA) is 59.6 Å². The number of hydrogen-bond donors (Lipinski definition) is 2. The summed E-state index contributed by atoms with van der Waals surface area (Å²) >= 11 is 0. The van der Waals surface area contributed by atoms with Gasteiger partial charge in [0.25, 0.3) is 0 Å². The fourth-order valence-corrected chi connectivity index (χ4v) is 2.04. The molecular formula is C14H19N3O. The Labute approximate surface area is 108 Å². The Morgan fingerprint density at radius 2 is 2.28 bits per heavy atom. The minimum atomic E-state index is 0.110. The highest BCUT2D eigenvalue weighted by atomic mass is 16.5. The molecule has 1 aromatic rings. The van der Waals surface area contributed by atoms with Gasteiger partial charge in [0.05, 0.1) is 6.10 Å². The van der Waals surface area contributed by atoms with Crippen molar-refractivity contribution in [2.75, 3.05) is 18.5 Å². The number of benzene rings is 1. The van der Waals surface area contributed by atoms with E-state index in [1.165, 1.54) is 0 Å². The molecule has 0 bridgehead atoms. The van der Waals surface area contributed by atoms with Crippen LogP contribution in [0.15, 0.2) is 48.0 Å². The number of nitrogens with one attached hydrogen (secondary N) is 1. The standard InChI is InChI=1S/C14H19N3O/c1-2-13-11(8-9-18-13)10-16-14(15)17-12-6-4-3-5-7-12/h2-7,11,13H,1,8-10H2,(H3,15,16,17)/t11-,13-/m0/s1. The summed E-state index contributed by atoms with van der Waals surface area (Å²) in [6.07, 6.45) is 2.96. The number of nitrogens with zero attached hydrogens (tertiary/aromatic N) is 1. The van der Waals surface area contributed by atoms with Gasteiger partial charge in [0.1, 0.15) is 0 Å². The lowest BCUT2D eigenvalue weighted by atomic mass is 10.0. The zero-order valence-corrected chi connectivity index (χ0v) is 10.4. The molecule has 4 heteroatoms. The third-order valence-corrected chi connectivity index (χ3v) is 3.04. The Bertz CT molecular complexity index is 416. The minimum absolute atomic E-state index is 0.110. The van der Waals surface area contributed by atoms with E-state index in [0.717, 1.165) is 18.7 Å². The molecule has 1 fully saturated rings. The van der Waals surface area contributed by atoms with Crippen molar-refractivity contribution >= 4 is 11.6 Å². The molecule has 1 aromatic carbocycles. The van der Waals surface area contributed by atoms with E-state index in [0.29, 0.717) is 18.4 Å². The van der Waals surface area contributed by atoms with Gasteiger partial charge in [0.15, 0.2) is 5.96 Å². The molecule has 0 aromatic heterocycles. The van der Waals surface area contributed by atoms with Crippen molar-refractivity contribution in [2.24, 2.45) is 16.6 Å². The highest BCUT2D eigenvalue weighted by Crippen LogP contribution is 2.21. The maximum absolute atomic E-state index is 5.84. The number of para-hydroxylation sites is 1. The van der Waals surface area contributed by atoms with Gasteiger partial charge in [-0.1, -0.05) is 24.3 Å². The third kappa shape index (κ3) is 3.34. The summed E-state index contributed by atoms with van der Waals surface area (Å²) in [7, 11) is 0. The van der Waals surface area contributed by atoms with Gasteiger partial charge in [-0.25, -0.2) is 0 Å². The first kappa shape index (κ1) is 12.6. The van der Waals surface area contributed by atoms with Crippen LogP contribution in [0.1, 0.15) is 6.42 Å². The molecule has 3 N–H and O–H groups in total. The van der Waals surface area contributed by atoms with E-state index in [9.17, 15) is 0 Å². The largest absolute Gasteiger partial charge is 0.374 e. The lowest BCUT2D eigenvalue weighted by Gasteiger charge is -2.12. The lowest BCUT2D eigenvalue weighted by molar-refractivity contribution is 0.129. The van der Waals surface area contributed by atoms with E-state index < -0.39 is 0 Å². The van der Waals surface area contributed by atoms with E-state index in [2.05, 4.69) is 16.9 Å². The van der Waals surface area contributed by atoms with Gasteiger partial charge in [-0.15, -0.1) is 6.58 Å². The SMILES string of the molecule is C=C[C@@H]1OCC[C@H]1CN=C(N)Nc1ccccc1. The van der Waals surface area contributed by atoms with Crippen molar-refractivity contribution in [3.05, 3.63) is 43.0 Å². The number of hydrogen-bond acceptors (Lipinski definition) is 2. The first-order chi connectivity index (χ1) is 8.79. The van der Waals surface area contributed by atoms with Crippen LogP contribution < -0.4 is 11.1 Å². The summed E-state index contributed by atoms with van der Waals surface area (Å²) in [5, 5.41) is 3.06. The Hall–Kier alpha value is -1.81. The van der Waals surface area contributed by atoms with Crippen LogP contribution in [0.3, 0.4) is 0 Å². The first-order valence-corrected chi connectivity index (χ1v) is 6.15. The maximum Gasteiger partial charge on any atom is 0.193 e. The molecule has 0 saturated carbocycles. The van der Waals surface area contributed by atoms with Crippen LogP contribution in [0.2, 0.25) is 0 Å². The van der Waals surface area contributed by atoms with E-state index in [1.807, 2.05) is 36.4 Å². The van der Waals surface area contributed by atoms with Gasteiger partial charge in [-0.2, -0.15) is 0 Å². The molecule has 1 heterocycles. The van der Waals surface area contributed by atoms with Gasteiger partial charge in [0, 0.05) is 24.8 Å². The van der Waals surface area contributed by atoms with Crippen LogP contribution in [-0.2, 0) is 4.74 Å². The average Bonchev–Trinajstić information content (AvgIpc) is 2.85. The molecule has 18 heavy (non-hydrogen) atoms. The van der Waals surface area contributed by atoms with Gasteiger partial charge in [-0.05, 0) is 18.6 Å². The number of aliphatic imine (C=N–C) groups is 1. The quantitative estimate of drug-likeness (QED) is 0.484. The number of nitrogens with two attached hydrogens (primary N) is 1. The normalized spacial score (nSPS) is 23.9. The Morgan fingerprint density at radius 3 is 3.00 bits per heavy atom. The maximum atomic E-state index is 5.84. The summed E-state index contributed by atoms with van der Waals surface area (Å²) in [5.74, 6) is 0.828. The van der Waals surface area contributed by atoms with Gasteiger partial charge in [0.2, 0.25) is 0 Å². The van der Waals surface area contributed by atoms with Gasteiger partial charge in [-0.3, -0.25) is 4.99 Å². The fourth-order valence-electron chi connectivity index (χ4n) is 2.04. The molecule has 1 saturated heterocycles. The molecule has 0 amide bonds. The molecule has 2 atom stereocenters. The molecule has 1 aliphatic heterocycles. The van der Waals surface area contributed by atoms with Crippen molar-refractivity contribution in [3.63, 3.8) is 0 Å². The summed E-state index contributed by atoms with van der Waals surface area (Å²) in [6, 6.07) is 9.77. The summed E-state index contributed by atoms with van der Waals surface area (Å²) in [6.45, 7) is 5.22. The zero-order chi connectivity index (χ0) is 12.8. The number of ether oxygens (including phenoxy) is 1. The molecule has 0 unspecified atom stereocenters. The molecule has 96 valence electrons. The smallest absolute Gasteiger partial charge is 0.193 e. The predicted molar refractivity (Wildman–Crippen MR) is 74.6 cm³/mol. The Kier molecular flexibility index (Phi) is 4.36. The molecule has 4 nitrogen and oxygen atoms in total. The molecule has 0 spiro atoms. The summed E-state index contributed by atoms with van der Waals surface area (Å²) < 4.78 is 5.52. The minimum Gasteiger partial charge on any atom is -0.374 e. The molecule has 1 aliphatic rings. The van der Waals surface area contributed by atoms with Crippen LogP contribution in [0, 0.1) is 5.92 Å². The second-order valence-corrected chi connectivity index (χ2v) is 4.34. The molecular weight excluding hydrogens is 226 g/mol. The second kappa shape index (κ2) is 6.21. The fraction of sp³-hybridized carbons (Fsp3) is 0.357. The highest BCUT2D eigenvalue weighted by Gasteiger charge is 2.25. The van der Waals surface area contributed by atoms with Crippen molar-refractivity contribution in [2.45, 2.75) is 12.5 Å². The summed E-state index contributed by atoms with van der Waals surface area (Å²) in [4.78, 5) is 4.36. The van der Waals surface area contributed by atoms with E-state index in [-0.39, 0.29) is 6.10 Å². The Balaban J connectivity index is 1.87. The lowest BCUT2D eigenvalue weighted by Crippen LogP contribution is -2.25. The molecule has 0 aliphatic carbocycles. The monoisotopic (exact) mass is 245 g/mol. The zero-order valence-electron chi connectivity index (χ0n) is 10.4. The number of anilines is 1. The Morgan fingerprint density at radius 1 is 1.50 bits per heavy atom. The first-order valence-electron chi connectivity index (χ1n) is 6.15. The van der Waals surface area contributed by atoms with E-state index in [1.54, 1.807) is 0 Å². The van der Waals surface area contributed by atoms with E-state index >= 15 is 0 Å². The van der Waals surface area contributed by atoms with Crippen LogP contribution in [0.4, 0.5) is 5.69 Å². The van der Waals surface area contributed by atoms with E-state index in [4.69, 9.17) is 10.5 Å². The predicted octanol–water partition coefficient (Wildman–Crippen LogP) is 2.00. The van der Waals surface area contributed by atoms with Crippen molar-refractivity contribution in [1.29, 1.82) is 0 Å². The van der Waals surface area contributed by atoms with Crippen LogP contribution in [-0.4, -0.2) is 25.2 Å². The van der Waals surface area contributed by atoms with Crippen LogP contribution in [0.5, 0.6) is 0 Å². The third-order valence-electron chi connectivity index (χ3n) is 3.04. The van der Waals surface area contributed by atoms with Crippen molar-refractivity contribution < 1.29 is 4.74 Å². The number of guanidine groups is 1. The van der Waals surface area contributed by atoms with Crippen LogP contribution in [0.25, 0.3) is 0 Å². The summed E-state index contributed by atoms with van der Waals surface area (Å²) in [5.41, 5.74) is 6.79. The van der Waals surface area contributed by atoms with Crippen molar-refractivity contribution in [1.82, 2.24) is 0 Å². The second-order valence-electron chi connectivity index (χ2n) is 4.34. The molecule has 2 rings (SSSR count). The highest BCUT2D eigenvalue weighted by molar-refractivity contribution is 5.92. The number of rotatable bonds is 4.